The SMILES string of the molecule is CC(C)Cn1ncc(NC2CCCS(=O)(=O)C2)c(Br)c1=O. The monoisotopic (exact) mass is 377 g/mol. The molecule has 2 rings (SSSR count). The molecule has 6 nitrogen and oxygen atoms in total. The fourth-order valence-corrected chi connectivity index (χ4v) is 4.46. The summed E-state index contributed by atoms with van der Waals surface area (Å²) in [5.74, 6) is 0.680. The minimum Gasteiger partial charge on any atom is -0.379 e. The first-order valence-corrected chi connectivity index (χ1v) is 9.62. The van der Waals surface area contributed by atoms with Crippen LogP contribution in [0.3, 0.4) is 0 Å². The Hall–Kier alpha value is -0.890. The number of nitrogens with zero attached hydrogens (tertiary/aromatic N) is 2. The summed E-state index contributed by atoms with van der Waals surface area (Å²) in [6, 6.07) is -0.165. The smallest absolute Gasteiger partial charge is 0.283 e. The van der Waals surface area contributed by atoms with Crippen LogP contribution in [-0.2, 0) is 16.4 Å². The molecule has 21 heavy (non-hydrogen) atoms. The lowest BCUT2D eigenvalue weighted by Crippen LogP contribution is -2.36. The summed E-state index contributed by atoms with van der Waals surface area (Å²) in [7, 11) is -2.98. The Balaban J connectivity index is 2.18. The van der Waals surface area contributed by atoms with Gasteiger partial charge in [0.05, 0.1) is 23.4 Å². The molecule has 8 heteroatoms. The number of aromatic nitrogens is 2. The van der Waals surface area contributed by atoms with E-state index in [1.165, 1.54) is 4.68 Å². The van der Waals surface area contributed by atoms with Gasteiger partial charge >= 0.3 is 0 Å². The Bertz CT molecular complexity index is 670. The quantitative estimate of drug-likeness (QED) is 0.862. The highest BCUT2D eigenvalue weighted by atomic mass is 79.9. The number of hydrogen-bond donors (Lipinski definition) is 1. The summed E-state index contributed by atoms with van der Waals surface area (Å²) >= 11 is 3.29. The number of sulfone groups is 1. The van der Waals surface area contributed by atoms with Crippen molar-refractivity contribution in [2.45, 2.75) is 39.3 Å². The van der Waals surface area contributed by atoms with Gasteiger partial charge in [-0.2, -0.15) is 5.10 Å². The van der Waals surface area contributed by atoms with Crippen molar-refractivity contribution in [3.63, 3.8) is 0 Å². The van der Waals surface area contributed by atoms with Crippen LogP contribution in [0.1, 0.15) is 26.7 Å². The second-order valence-corrected chi connectivity index (χ2v) is 8.87. The molecule has 2 heterocycles. The van der Waals surface area contributed by atoms with E-state index in [2.05, 4.69) is 26.3 Å². The zero-order valence-corrected chi connectivity index (χ0v) is 14.6. The van der Waals surface area contributed by atoms with E-state index in [9.17, 15) is 13.2 Å². The third kappa shape index (κ3) is 4.29. The van der Waals surface area contributed by atoms with Gasteiger partial charge in [-0.05, 0) is 34.7 Å². The van der Waals surface area contributed by atoms with Crippen LogP contribution in [-0.4, -0.2) is 35.7 Å². The van der Waals surface area contributed by atoms with Crippen molar-refractivity contribution in [3.05, 3.63) is 21.0 Å². The fourth-order valence-electron chi connectivity index (χ4n) is 2.40. The van der Waals surface area contributed by atoms with E-state index in [0.717, 1.165) is 6.42 Å². The number of anilines is 1. The Labute approximate surface area is 133 Å². The van der Waals surface area contributed by atoms with Crippen molar-refractivity contribution in [3.8, 4) is 0 Å². The Kier molecular flexibility index (Phi) is 5.08. The van der Waals surface area contributed by atoms with E-state index in [0.29, 0.717) is 29.0 Å². The van der Waals surface area contributed by atoms with Crippen molar-refractivity contribution in [2.24, 2.45) is 5.92 Å². The first-order chi connectivity index (χ1) is 9.78. The average molecular weight is 378 g/mol. The molecule has 118 valence electrons. The highest BCUT2D eigenvalue weighted by Gasteiger charge is 2.25. The predicted molar refractivity (Wildman–Crippen MR) is 86.3 cm³/mol. The molecular weight excluding hydrogens is 358 g/mol. The second-order valence-electron chi connectivity index (χ2n) is 5.85. The van der Waals surface area contributed by atoms with Gasteiger partial charge in [-0.15, -0.1) is 0 Å². The van der Waals surface area contributed by atoms with Crippen LogP contribution in [0.15, 0.2) is 15.5 Å². The van der Waals surface area contributed by atoms with Gasteiger partial charge in [0.1, 0.15) is 4.47 Å². The van der Waals surface area contributed by atoms with Crippen molar-refractivity contribution in [1.29, 1.82) is 0 Å². The molecule has 0 aromatic carbocycles. The summed E-state index contributed by atoms with van der Waals surface area (Å²) in [5.41, 5.74) is 0.356. The van der Waals surface area contributed by atoms with Crippen molar-refractivity contribution >= 4 is 31.5 Å². The lowest BCUT2D eigenvalue weighted by Gasteiger charge is -2.24. The molecular formula is C13H20BrN3O3S. The van der Waals surface area contributed by atoms with E-state index in [1.807, 2.05) is 13.8 Å². The van der Waals surface area contributed by atoms with Gasteiger partial charge < -0.3 is 5.32 Å². The number of rotatable bonds is 4. The van der Waals surface area contributed by atoms with Gasteiger partial charge in [0.2, 0.25) is 0 Å². The molecule has 0 saturated carbocycles. The van der Waals surface area contributed by atoms with Crippen LogP contribution in [0.2, 0.25) is 0 Å². The van der Waals surface area contributed by atoms with Gasteiger partial charge in [-0.3, -0.25) is 4.79 Å². The Morgan fingerprint density at radius 3 is 2.86 bits per heavy atom. The van der Waals surface area contributed by atoms with Crippen molar-refractivity contribution in [2.75, 3.05) is 16.8 Å². The summed E-state index contributed by atoms with van der Waals surface area (Å²) in [5, 5.41) is 7.27. The second kappa shape index (κ2) is 6.48. The van der Waals surface area contributed by atoms with Gasteiger partial charge in [0, 0.05) is 12.6 Å². The normalized spacial score (nSPS) is 21.4. The van der Waals surface area contributed by atoms with Crippen molar-refractivity contribution in [1.82, 2.24) is 9.78 Å². The molecule has 1 aliphatic heterocycles. The first kappa shape index (κ1) is 16.5. The molecule has 1 atom stereocenters. The summed E-state index contributed by atoms with van der Waals surface area (Å²) in [6.45, 7) is 4.58. The van der Waals surface area contributed by atoms with Gasteiger partial charge in [0.15, 0.2) is 9.84 Å². The summed E-state index contributed by atoms with van der Waals surface area (Å²) in [4.78, 5) is 12.2. The third-order valence-corrected chi connectivity index (χ3v) is 5.93. The van der Waals surface area contributed by atoms with Crippen molar-refractivity contribution < 1.29 is 8.42 Å². The van der Waals surface area contributed by atoms with Crippen LogP contribution in [0.25, 0.3) is 0 Å². The van der Waals surface area contributed by atoms with Gasteiger partial charge in [0.25, 0.3) is 5.56 Å². The molecule has 0 spiro atoms. The van der Waals surface area contributed by atoms with E-state index in [1.54, 1.807) is 6.20 Å². The van der Waals surface area contributed by atoms with Crippen LogP contribution in [0.4, 0.5) is 5.69 Å². The molecule has 1 fully saturated rings. The van der Waals surface area contributed by atoms with Gasteiger partial charge in [-0.25, -0.2) is 13.1 Å². The van der Waals surface area contributed by atoms with Crippen LogP contribution >= 0.6 is 15.9 Å². The Morgan fingerprint density at radius 1 is 1.52 bits per heavy atom. The molecule has 1 saturated heterocycles. The van der Waals surface area contributed by atoms with E-state index in [-0.39, 0.29) is 23.1 Å². The highest BCUT2D eigenvalue weighted by Crippen LogP contribution is 2.21. The van der Waals surface area contributed by atoms with Crippen LogP contribution in [0, 0.1) is 5.92 Å². The topological polar surface area (TPSA) is 81.1 Å². The standard InChI is InChI=1S/C13H20BrN3O3S/c1-9(2)7-17-13(18)12(14)11(6-15-17)16-10-4-3-5-21(19,20)8-10/h6,9-10,16H,3-5,7-8H2,1-2H3. The summed E-state index contributed by atoms with van der Waals surface area (Å²) < 4.78 is 25.1. The molecule has 1 N–H and O–H groups in total. The number of halogens is 1. The molecule has 0 bridgehead atoms. The molecule has 1 aromatic heterocycles. The lowest BCUT2D eigenvalue weighted by molar-refractivity contribution is 0.462. The molecule has 0 amide bonds. The minimum atomic E-state index is -2.98. The molecule has 1 aromatic rings. The largest absolute Gasteiger partial charge is 0.379 e. The number of hydrogen-bond acceptors (Lipinski definition) is 5. The minimum absolute atomic E-state index is 0.106. The number of nitrogens with one attached hydrogen (secondary N) is 1. The fraction of sp³-hybridized carbons (Fsp3) is 0.692. The van der Waals surface area contributed by atoms with Gasteiger partial charge in [-0.1, -0.05) is 13.8 Å². The predicted octanol–water partition coefficient (Wildman–Crippen LogP) is 1.65. The lowest BCUT2D eigenvalue weighted by atomic mass is 10.2. The summed E-state index contributed by atoms with van der Waals surface area (Å²) in [6.07, 6.45) is 3.01. The van der Waals surface area contributed by atoms with Crippen LogP contribution in [0.5, 0.6) is 0 Å². The molecule has 0 radical (unpaired) electrons. The molecule has 1 unspecified atom stereocenters. The third-order valence-electron chi connectivity index (χ3n) is 3.35. The molecule has 0 aliphatic carbocycles. The zero-order chi connectivity index (χ0) is 15.6. The first-order valence-electron chi connectivity index (χ1n) is 7.01. The average Bonchev–Trinajstić information content (AvgIpc) is 2.37. The highest BCUT2D eigenvalue weighted by molar-refractivity contribution is 9.10. The maximum atomic E-state index is 12.2. The zero-order valence-electron chi connectivity index (χ0n) is 12.2. The van der Waals surface area contributed by atoms with E-state index in [4.69, 9.17) is 0 Å². The Morgan fingerprint density at radius 2 is 2.24 bits per heavy atom. The maximum Gasteiger partial charge on any atom is 0.283 e. The van der Waals surface area contributed by atoms with Crippen LogP contribution < -0.4 is 10.9 Å². The van der Waals surface area contributed by atoms with E-state index < -0.39 is 9.84 Å². The maximum absolute atomic E-state index is 12.2. The molecule has 1 aliphatic rings. The van der Waals surface area contributed by atoms with E-state index >= 15 is 0 Å².